The molecule has 6 nitrogen and oxygen atoms in total. The molecule has 64 heavy (non-hydrogen) atoms. The Morgan fingerprint density at radius 3 is 1.05 bits per heavy atom. The second-order valence-electron chi connectivity index (χ2n) is 17.0. The maximum atomic E-state index is 12.8. The van der Waals surface area contributed by atoms with E-state index >= 15 is 0 Å². The monoisotopic (exact) mass is 889 g/mol. The summed E-state index contributed by atoms with van der Waals surface area (Å²) in [6.07, 6.45) is 68.2. The minimum Gasteiger partial charge on any atom is -0.462 e. The average Bonchev–Trinajstić information content (AvgIpc) is 3.29. The van der Waals surface area contributed by atoms with E-state index in [1.165, 1.54) is 64.2 Å². The van der Waals surface area contributed by atoms with E-state index in [1.807, 2.05) is 0 Å². The largest absolute Gasteiger partial charge is 0.462 e. The first-order chi connectivity index (χ1) is 31.5. The molecule has 0 fully saturated rings. The Morgan fingerprint density at radius 1 is 0.328 bits per heavy atom. The van der Waals surface area contributed by atoms with Gasteiger partial charge in [-0.2, -0.15) is 0 Å². The van der Waals surface area contributed by atoms with Crippen LogP contribution in [0.5, 0.6) is 0 Å². The number of hydrogen-bond acceptors (Lipinski definition) is 6. The van der Waals surface area contributed by atoms with Crippen molar-refractivity contribution >= 4 is 17.9 Å². The van der Waals surface area contributed by atoms with Crippen LogP contribution in [0.4, 0.5) is 0 Å². The van der Waals surface area contributed by atoms with Gasteiger partial charge in [-0.15, -0.1) is 0 Å². The lowest BCUT2D eigenvalue weighted by atomic mass is 10.1. The van der Waals surface area contributed by atoms with Crippen molar-refractivity contribution in [3.05, 3.63) is 97.2 Å². The number of rotatable bonds is 46. The number of esters is 3. The Hall–Kier alpha value is -3.67. The fourth-order valence-electron chi connectivity index (χ4n) is 6.85. The number of allylic oxidation sites excluding steroid dienone is 16. The SMILES string of the molecule is CC/C=C\C/C=C\C/C=C\C/C=C\C/C=C\CCCCCC(=O)OCC(COC(=O)CCCCCCC/C=C\CCC)OC(=O)CCCCCCCCC/C=C\C/C=C\CCCCC. The molecule has 0 aliphatic heterocycles. The van der Waals surface area contributed by atoms with Crippen LogP contribution in [0.15, 0.2) is 97.2 Å². The highest BCUT2D eigenvalue weighted by molar-refractivity contribution is 5.71. The standard InChI is InChI=1S/C58H96O6/c1-4-7-10-13-16-19-22-24-26-28-29-31-32-34-36-39-42-45-48-51-57(60)63-54-55(53-62-56(59)50-47-44-41-38-21-18-15-12-9-6-3)64-58(61)52-49-46-43-40-37-35-33-30-27-25-23-20-17-14-11-8-5-2/h7,10,12,15-17,19-20,24-27,29,31,34,36,55H,4-6,8-9,11,13-14,18,21-23,28,30,32-33,35,37-54H2,1-3H3/b10-7-,15-12-,19-16-,20-17-,26-24-,27-25-,31-29-,36-34-. The van der Waals surface area contributed by atoms with E-state index in [9.17, 15) is 14.4 Å². The third kappa shape index (κ3) is 49.3. The minimum atomic E-state index is -0.799. The van der Waals surface area contributed by atoms with Crippen molar-refractivity contribution in [3.8, 4) is 0 Å². The van der Waals surface area contributed by atoms with Crippen LogP contribution in [0.25, 0.3) is 0 Å². The van der Waals surface area contributed by atoms with Gasteiger partial charge in [0.15, 0.2) is 6.10 Å². The third-order valence-corrected chi connectivity index (χ3v) is 10.8. The number of unbranched alkanes of at least 4 members (excludes halogenated alkanes) is 19. The summed E-state index contributed by atoms with van der Waals surface area (Å²) in [4.78, 5) is 38.0. The Kier molecular flexibility index (Phi) is 49.0. The fourth-order valence-corrected chi connectivity index (χ4v) is 6.85. The van der Waals surface area contributed by atoms with E-state index in [0.717, 1.165) is 128 Å². The van der Waals surface area contributed by atoms with Gasteiger partial charge >= 0.3 is 17.9 Å². The zero-order valence-corrected chi connectivity index (χ0v) is 41.5. The van der Waals surface area contributed by atoms with Crippen LogP contribution in [0.2, 0.25) is 0 Å². The van der Waals surface area contributed by atoms with Crippen LogP contribution < -0.4 is 0 Å². The summed E-state index contributed by atoms with van der Waals surface area (Å²) in [6.45, 7) is 6.39. The molecule has 0 aromatic carbocycles. The maximum absolute atomic E-state index is 12.8. The van der Waals surface area contributed by atoms with E-state index < -0.39 is 6.10 Å². The summed E-state index contributed by atoms with van der Waals surface area (Å²) in [5, 5.41) is 0. The molecule has 0 saturated heterocycles. The van der Waals surface area contributed by atoms with Crippen LogP contribution in [-0.4, -0.2) is 37.2 Å². The smallest absolute Gasteiger partial charge is 0.306 e. The van der Waals surface area contributed by atoms with Crippen molar-refractivity contribution in [3.63, 3.8) is 0 Å². The van der Waals surface area contributed by atoms with Crippen molar-refractivity contribution < 1.29 is 28.6 Å². The number of carbonyl (C=O) groups is 3. The Morgan fingerprint density at radius 2 is 0.641 bits per heavy atom. The molecule has 0 heterocycles. The molecule has 0 spiro atoms. The van der Waals surface area contributed by atoms with Crippen LogP contribution >= 0.6 is 0 Å². The summed E-state index contributed by atoms with van der Waals surface area (Å²) in [5.74, 6) is -0.951. The van der Waals surface area contributed by atoms with E-state index in [4.69, 9.17) is 14.2 Å². The molecular weight excluding hydrogens is 793 g/mol. The molecule has 1 atom stereocenters. The number of ether oxygens (including phenoxy) is 3. The minimum absolute atomic E-state index is 0.0971. The van der Waals surface area contributed by atoms with E-state index in [1.54, 1.807) is 0 Å². The normalized spacial score (nSPS) is 12.9. The maximum Gasteiger partial charge on any atom is 0.306 e. The molecule has 0 N–H and O–H groups in total. The summed E-state index contributed by atoms with van der Waals surface area (Å²) in [6, 6.07) is 0. The lowest BCUT2D eigenvalue weighted by molar-refractivity contribution is -0.167. The molecule has 1 unspecified atom stereocenters. The molecule has 0 aliphatic carbocycles. The molecule has 0 rings (SSSR count). The van der Waals surface area contributed by atoms with Crippen LogP contribution in [0, 0.1) is 0 Å². The van der Waals surface area contributed by atoms with Crippen molar-refractivity contribution in [1.82, 2.24) is 0 Å². The molecule has 6 heteroatoms. The third-order valence-electron chi connectivity index (χ3n) is 10.8. The van der Waals surface area contributed by atoms with Crippen molar-refractivity contribution in [2.24, 2.45) is 0 Å². The van der Waals surface area contributed by atoms with E-state index in [2.05, 4.69) is 118 Å². The first-order valence-corrected chi connectivity index (χ1v) is 26.2. The lowest BCUT2D eigenvalue weighted by Gasteiger charge is -2.18. The van der Waals surface area contributed by atoms with Gasteiger partial charge in [-0.05, 0) is 116 Å². The highest BCUT2D eigenvalue weighted by atomic mass is 16.6. The lowest BCUT2D eigenvalue weighted by Crippen LogP contribution is -2.30. The van der Waals surface area contributed by atoms with Gasteiger partial charge in [-0.3, -0.25) is 14.4 Å². The van der Waals surface area contributed by atoms with Crippen molar-refractivity contribution in [1.29, 1.82) is 0 Å². The van der Waals surface area contributed by atoms with Crippen LogP contribution in [0.3, 0.4) is 0 Å². The first kappa shape index (κ1) is 60.3. The topological polar surface area (TPSA) is 78.9 Å². The van der Waals surface area contributed by atoms with Gasteiger partial charge in [0, 0.05) is 19.3 Å². The van der Waals surface area contributed by atoms with E-state index in [-0.39, 0.29) is 31.1 Å². The van der Waals surface area contributed by atoms with Crippen molar-refractivity contribution in [2.75, 3.05) is 13.2 Å². The summed E-state index contributed by atoms with van der Waals surface area (Å²) in [5.41, 5.74) is 0. The highest BCUT2D eigenvalue weighted by Crippen LogP contribution is 2.13. The molecule has 0 saturated carbocycles. The fraction of sp³-hybridized carbons (Fsp3) is 0.672. The molecule has 0 aromatic rings. The van der Waals surface area contributed by atoms with E-state index in [0.29, 0.717) is 19.3 Å². The number of carbonyl (C=O) groups excluding carboxylic acids is 3. The molecule has 0 bridgehead atoms. The van der Waals surface area contributed by atoms with Crippen molar-refractivity contribution in [2.45, 2.75) is 239 Å². The molecule has 0 amide bonds. The molecule has 364 valence electrons. The highest BCUT2D eigenvalue weighted by Gasteiger charge is 2.19. The molecular formula is C58H96O6. The summed E-state index contributed by atoms with van der Waals surface area (Å²) >= 11 is 0. The molecule has 0 aromatic heterocycles. The summed E-state index contributed by atoms with van der Waals surface area (Å²) in [7, 11) is 0. The van der Waals surface area contributed by atoms with Gasteiger partial charge in [0.25, 0.3) is 0 Å². The Balaban J connectivity index is 4.43. The predicted molar refractivity (Wildman–Crippen MR) is 274 cm³/mol. The zero-order valence-electron chi connectivity index (χ0n) is 41.5. The van der Waals surface area contributed by atoms with Crippen LogP contribution in [-0.2, 0) is 28.6 Å². The summed E-state index contributed by atoms with van der Waals surface area (Å²) < 4.78 is 16.7. The van der Waals surface area contributed by atoms with Crippen LogP contribution in [0.1, 0.15) is 233 Å². The Labute approximate surface area is 394 Å². The second-order valence-corrected chi connectivity index (χ2v) is 17.0. The van der Waals surface area contributed by atoms with Gasteiger partial charge in [-0.25, -0.2) is 0 Å². The molecule has 0 radical (unpaired) electrons. The van der Waals surface area contributed by atoms with Gasteiger partial charge < -0.3 is 14.2 Å². The Bertz CT molecular complexity index is 1300. The second kappa shape index (κ2) is 52.0. The molecule has 0 aliphatic rings. The average molecular weight is 889 g/mol. The number of hydrogen-bond donors (Lipinski definition) is 0. The zero-order chi connectivity index (χ0) is 46.5. The first-order valence-electron chi connectivity index (χ1n) is 26.2. The quantitative estimate of drug-likeness (QED) is 0.0262. The van der Waals surface area contributed by atoms with Gasteiger partial charge in [0.2, 0.25) is 0 Å². The van der Waals surface area contributed by atoms with Gasteiger partial charge in [0.05, 0.1) is 0 Å². The predicted octanol–water partition coefficient (Wildman–Crippen LogP) is 17.4. The van der Waals surface area contributed by atoms with Gasteiger partial charge in [-0.1, -0.05) is 195 Å². The van der Waals surface area contributed by atoms with Gasteiger partial charge in [0.1, 0.15) is 13.2 Å².